The van der Waals surface area contributed by atoms with Gasteiger partial charge in [0, 0.05) is 12.2 Å². The van der Waals surface area contributed by atoms with Gasteiger partial charge in [0.05, 0.1) is 18.6 Å². The fourth-order valence-corrected chi connectivity index (χ4v) is 1.26. The largest absolute Gasteiger partial charge is 0.462 e. The lowest BCUT2D eigenvalue weighted by atomic mass is 9.92. The van der Waals surface area contributed by atoms with Gasteiger partial charge in [-0.1, -0.05) is 19.7 Å². The minimum atomic E-state index is -1.20. The molecule has 0 saturated carbocycles. The van der Waals surface area contributed by atoms with Gasteiger partial charge in [0.25, 0.3) is 0 Å². The fraction of sp³-hybridized carbons (Fsp3) is 0.400. The normalized spacial score (nSPS) is 10.4. The van der Waals surface area contributed by atoms with Crippen molar-refractivity contribution in [2.45, 2.75) is 0 Å². The summed E-state index contributed by atoms with van der Waals surface area (Å²) in [5, 5.41) is 9.55. The topological polar surface area (TPSA) is 99.1 Å². The Morgan fingerprint density at radius 2 is 1.41 bits per heavy atom. The minimum Gasteiger partial charge on any atom is -0.462 e. The van der Waals surface area contributed by atoms with Crippen molar-refractivity contribution >= 4 is 17.7 Å². The monoisotopic (exact) mass is 312 g/mol. The second-order valence-electron chi connectivity index (χ2n) is 4.45. The van der Waals surface area contributed by atoms with Crippen molar-refractivity contribution in [3.63, 3.8) is 0 Å². The van der Waals surface area contributed by atoms with Gasteiger partial charge < -0.3 is 19.3 Å². The third-order valence-electron chi connectivity index (χ3n) is 2.59. The third kappa shape index (κ3) is 7.51. The fourth-order valence-electron chi connectivity index (χ4n) is 1.26. The van der Waals surface area contributed by atoms with Gasteiger partial charge in [-0.05, 0) is 6.08 Å². The Bertz CT molecular complexity index is 415. The van der Waals surface area contributed by atoms with Crippen molar-refractivity contribution in [3.05, 3.63) is 38.0 Å². The minimum absolute atomic E-state index is 0.169. The van der Waals surface area contributed by atoms with Crippen molar-refractivity contribution in [2.75, 3.05) is 33.0 Å². The van der Waals surface area contributed by atoms with Crippen molar-refractivity contribution in [1.29, 1.82) is 0 Å². The number of hydrogen-bond donors (Lipinski definition) is 1. The van der Waals surface area contributed by atoms with E-state index in [4.69, 9.17) is 14.2 Å². The zero-order valence-electron chi connectivity index (χ0n) is 12.3. The molecule has 22 heavy (non-hydrogen) atoms. The van der Waals surface area contributed by atoms with E-state index in [9.17, 15) is 19.5 Å². The molecule has 122 valence electrons. The first-order chi connectivity index (χ1) is 10.4. The molecule has 0 aliphatic rings. The van der Waals surface area contributed by atoms with Gasteiger partial charge in [-0.2, -0.15) is 0 Å². The lowest BCUT2D eigenvalue weighted by Gasteiger charge is -2.30. The third-order valence-corrected chi connectivity index (χ3v) is 2.59. The molecule has 1 N–H and O–H groups in total. The Morgan fingerprint density at radius 3 is 1.77 bits per heavy atom. The van der Waals surface area contributed by atoms with Crippen LogP contribution < -0.4 is 0 Å². The summed E-state index contributed by atoms with van der Waals surface area (Å²) in [6, 6.07) is 0. The number of ketones is 1. The van der Waals surface area contributed by atoms with Gasteiger partial charge in [0.1, 0.15) is 19.8 Å². The van der Waals surface area contributed by atoms with E-state index in [1.165, 1.54) is 0 Å². The molecule has 0 rings (SSSR count). The standard InChI is InChI=1S/C15H20O7/c1-4-12(17)7-20-9-15(8-16,10-21-13(18)5-2)11-22-14(19)6-3/h4-6,16H,1-3,7-11H2. The Morgan fingerprint density at radius 1 is 0.909 bits per heavy atom. The highest BCUT2D eigenvalue weighted by molar-refractivity contribution is 5.90. The summed E-state index contributed by atoms with van der Waals surface area (Å²) in [5.74, 6) is -1.75. The maximum absolute atomic E-state index is 11.1. The molecule has 0 aliphatic heterocycles. The smallest absolute Gasteiger partial charge is 0.330 e. The molecule has 0 fully saturated rings. The number of esters is 2. The Balaban J connectivity index is 4.79. The average molecular weight is 312 g/mol. The zero-order valence-corrected chi connectivity index (χ0v) is 12.3. The van der Waals surface area contributed by atoms with Gasteiger partial charge in [-0.3, -0.25) is 4.79 Å². The Kier molecular flexibility index (Phi) is 9.40. The SMILES string of the molecule is C=CC(=O)COCC(CO)(COC(=O)C=C)COC(=O)C=C. The molecular formula is C15H20O7. The summed E-state index contributed by atoms with van der Waals surface area (Å²) < 4.78 is 14.9. The number of aliphatic hydroxyl groups is 1. The van der Waals surface area contributed by atoms with E-state index >= 15 is 0 Å². The van der Waals surface area contributed by atoms with Crippen LogP contribution >= 0.6 is 0 Å². The molecule has 0 radical (unpaired) electrons. The Labute approximate surface area is 128 Å². The Hall–Kier alpha value is -2.25. The molecule has 0 saturated heterocycles. The second kappa shape index (κ2) is 10.5. The van der Waals surface area contributed by atoms with Crippen LogP contribution in [0.25, 0.3) is 0 Å². The number of rotatable bonds is 12. The molecule has 0 aliphatic carbocycles. The lowest BCUT2D eigenvalue weighted by molar-refractivity contribution is -0.155. The first-order valence-corrected chi connectivity index (χ1v) is 6.35. The highest BCUT2D eigenvalue weighted by Gasteiger charge is 2.34. The van der Waals surface area contributed by atoms with Crippen LogP contribution in [0.3, 0.4) is 0 Å². The van der Waals surface area contributed by atoms with E-state index in [1.807, 2.05) is 0 Å². The van der Waals surface area contributed by atoms with Gasteiger partial charge in [-0.15, -0.1) is 0 Å². The average Bonchev–Trinajstić information content (AvgIpc) is 2.55. The predicted octanol–water partition coefficient (Wildman–Crippen LogP) is 0.195. The van der Waals surface area contributed by atoms with Crippen LogP contribution in [0.1, 0.15) is 0 Å². The quantitative estimate of drug-likeness (QED) is 0.406. The summed E-state index contributed by atoms with van der Waals surface area (Å²) in [6.07, 6.45) is 3.01. The van der Waals surface area contributed by atoms with Crippen molar-refractivity contribution in [1.82, 2.24) is 0 Å². The molecule has 0 atom stereocenters. The lowest BCUT2D eigenvalue weighted by Crippen LogP contribution is -2.42. The van der Waals surface area contributed by atoms with Crippen molar-refractivity contribution < 1.29 is 33.7 Å². The summed E-state index contributed by atoms with van der Waals surface area (Å²) in [7, 11) is 0. The van der Waals surface area contributed by atoms with E-state index in [2.05, 4.69) is 19.7 Å². The maximum Gasteiger partial charge on any atom is 0.330 e. The van der Waals surface area contributed by atoms with Gasteiger partial charge in [0.15, 0.2) is 5.78 Å². The first kappa shape index (κ1) is 19.8. The molecular weight excluding hydrogens is 292 g/mol. The first-order valence-electron chi connectivity index (χ1n) is 6.35. The van der Waals surface area contributed by atoms with Crippen LogP contribution in [0.15, 0.2) is 38.0 Å². The number of ether oxygens (including phenoxy) is 3. The maximum atomic E-state index is 11.1. The van der Waals surface area contributed by atoms with E-state index in [0.717, 1.165) is 18.2 Å². The van der Waals surface area contributed by atoms with Crippen LogP contribution in [0.5, 0.6) is 0 Å². The number of aliphatic hydroxyl groups excluding tert-OH is 1. The van der Waals surface area contributed by atoms with E-state index < -0.39 is 24.0 Å². The molecule has 0 aromatic rings. The number of hydrogen-bond acceptors (Lipinski definition) is 7. The van der Waals surface area contributed by atoms with E-state index in [1.54, 1.807) is 0 Å². The van der Waals surface area contributed by atoms with E-state index in [-0.39, 0.29) is 32.2 Å². The number of carbonyl (C=O) groups is 3. The van der Waals surface area contributed by atoms with Crippen LogP contribution in [0, 0.1) is 5.41 Å². The van der Waals surface area contributed by atoms with Crippen LogP contribution in [-0.4, -0.2) is 55.9 Å². The molecule has 0 heterocycles. The number of carbonyl (C=O) groups excluding carboxylic acids is 3. The molecule has 0 spiro atoms. The molecule has 7 heteroatoms. The summed E-state index contributed by atoms with van der Waals surface area (Å²) in [5.41, 5.74) is -1.20. The van der Waals surface area contributed by atoms with E-state index in [0.29, 0.717) is 0 Å². The van der Waals surface area contributed by atoms with Gasteiger partial charge >= 0.3 is 11.9 Å². The van der Waals surface area contributed by atoms with Gasteiger partial charge in [0.2, 0.25) is 0 Å². The molecule has 7 nitrogen and oxygen atoms in total. The summed E-state index contributed by atoms with van der Waals surface area (Å²) in [4.78, 5) is 33.4. The van der Waals surface area contributed by atoms with Crippen LogP contribution in [-0.2, 0) is 28.6 Å². The molecule has 0 bridgehead atoms. The molecule has 0 amide bonds. The summed E-state index contributed by atoms with van der Waals surface area (Å²) >= 11 is 0. The summed E-state index contributed by atoms with van der Waals surface area (Å²) in [6.45, 7) is 8.32. The van der Waals surface area contributed by atoms with Crippen molar-refractivity contribution in [3.8, 4) is 0 Å². The second-order valence-corrected chi connectivity index (χ2v) is 4.45. The highest BCUT2D eigenvalue weighted by Crippen LogP contribution is 2.19. The zero-order chi connectivity index (χ0) is 17.0. The molecule has 0 aromatic heterocycles. The molecule has 0 aromatic carbocycles. The predicted molar refractivity (Wildman–Crippen MR) is 77.9 cm³/mol. The van der Waals surface area contributed by atoms with Crippen LogP contribution in [0.2, 0.25) is 0 Å². The van der Waals surface area contributed by atoms with Crippen LogP contribution in [0.4, 0.5) is 0 Å². The van der Waals surface area contributed by atoms with Gasteiger partial charge in [-0.25, -0.2) is 9.59 Å². The molecule has 0 unspecified atom stereocenters. The van der Waals surface area contributed by atoms with Crippen molar-refractivity contribution in [2.24, 2.45) is 5.41 Å². The highest BCUT2D eigenvalue weighted by atomic mass is 16.6.